The second kappa shape index (κ2) is 7.45. The number of nitrogens with zero attached hydrogens (tertiary/aromatic N) is 2. The van der Waals surface area contributed by atoms with Gasteiger partial charge in [-0.15, -0.1) is 0 Å². The maximum atomic E-state index is 11.3. The quantitative estimate of drug-likeness (QED) is 0.315. The van der Waals surface area contributed by atoms with E-state index in [0.29, 0.717) is 22.1 Å². The molecule has 0 amide bonds. The number of aromatic carboxylic acids is 1. The van der Waals surface area contributed by atoms with Crippen molar-refractivity contribution < 1.29 is 15.0 Å². The predicted molar refractivity (Wildman–Crippen MR) is 130 cm³/mol. The summed E-state index contributed by atoms with van der Waals surface area (Å²) in [6.07, 6.45) is 3.57. The number of phenols is 1. The first-order chi connectivity index (χ1) is 15.7. The fraction of sp³-hybridized carbons (Fsp3) is 0.148. The second-order valence-corrected chi connectivity index (χ2v) is 9.24. The summed E-state index contributed by atoms with van der Waals surface area (Å²) < 4.78 is 0. The molecule has 5 aromatic rings. The van der Waals surface area contributed by atoms with E-state index in [9.17, 15) is 15.0 Å². The Morgan fingerprint density at radius 1 is 0.909 bits per heavy atom. The number of pyridine rings is 1. The number of hydrogen-bond donors (Lipinski definition) is 3. The lowest BCUT2D eigenvalue weighted by atomic mass is 9.86. The summed E-state index contributed by atoms with van der Waals surface area (Å²) in [7, 11) is 0. The number of hydrogen-bond acceptors (Lipinski definition) is 4. The zero-order valence-corrected chi connectivity index (χ0v) is 18.5. The number of fused-ring (bicyclic) bond motifs is 3. The summed E-state index contributed by atoms with van der Waals surface area (Å²) in [5, 5.41) is 20.9. The van der Waals surface area contributed by atoms with Gasteiger partial charge in [0.2, 0.25) is 0 Å². The van der Waals surface area contributed by atoms with Crippen molar-refractivity contribution in [3.8, 4) is 28.3 Å². The molecule has 0 atom stereocenters. The van der Waals surface area contributed by atoms with E-state index in [0.717, 1.165) is 22.2 Å². The molecule has 0 radical (unpaired) electrons. The Balaban J connectivity index is 1.58. The van der Waals surface area contributed by atoms with Gasteiger partial charge in [0.15, 0.2) is 0 Å². The van der Waals surface area contributed by atoms with Gasteiger partial charge in [0, 0.05) is 23.5 Å². The van der Waals surface area contributed by atoms with Crippen molar-refractivity contribution in [3.63, 3.8) is 0 Å². The summed E-state index contributed by atoms with van der Waals surface area (Å²) in [6.45, 7) is 6.57. The van der Waals surface area contributed by atoms with Crippen molar-refractivity contribution in [2.45, 2.75) is 26.2 Å². The average molecular weight is 437 g/mol. The van der Waals surface area contributed by atoms with Crippen molar-refractivity contribution in [2.24, 2.45) is 0 Å². The number of phenolic OH excluding ortho intramolecular Hbond substituents is 1. The molecule has 0 saturated heterocycles. The van der Waals surface area contributed by atoms with Crippen LogP contribution in [0.3, 0.4) is 0 Å². The molecule has 6 nitrogen and oxygen atoms in total. The van der Waals surface area contributed by atoms with E-state index in [2.05, 4.69) is 55.0 Å². The Bertz CT molecular complexity index is 1530. The molecule has 0 spiro atoms. The number of aromatic nitrogens is 3. The molecule has 33 heavy (non-hydrogen) atoms. The highest BCUT2D eigenvalue weighted by Gasteiger charge is 2.16. The highest BCUT2D eigenvalue weighted by Crippen LogP contribution is 2.34. The number of carboxylic acid groups (broad SMARTS) is 1. The molecule has 0 unspecified atom stereocenters. The molecule has 3 N–H and O–H groups in total. The summed E-state index contributed by atoms with van der Waals surface area (Å²) in [5.41, 5.74) is 5.58. The lowest BCUT2D eigenvalue weighted by Crippen LogP contribution is -2.10. The van der Waals surface area contributed by atoms with Crippen LogP contribution in [0, 0.1) is 0 Å². The summed E-state index contributed by atoms with van der Waals surface area (Å²) in [4.78, 5) is 23.8. The Hall–Kier alpha value is -4.19. The number of carbonyl (C=O) groups is 1. The molecule has 0 saturated carbocycles. The Morgan fingerprint density at radius 2 is 1.64 bits per heavy atom. The SMILES string of the molecule is CC(C)(C)c1ccc(-c2cncc(-c3nc4c(ccc5cc(C(=O)O)cc(O)c54)[nH]3)c2)cc1. The largest absolute Gasteiger partial charge is 0.507 e. The summed E-state index contributed by atoms with van der Waals surface area (Å²) >= 11 is 0. The van der Waals surface area contributed by atoms with Crippen LogP contribution in [0.4, 0.5) is 0 Å². The van der Waals surface area contributed by atoms with Gasteiger partial charge in [0.1, 0.15) is 17.1 Å². The third-order valence-electron chi connectivity index (χ3n) is 5.89. The van der Waals surface area contributed by atoms with Crippen molar-refractivity contribution in [2.75, 3.05) is 0 Å². The second-order valence-electron chi connectivity index (χ2n) is 9.24. The van der Waals surface area contributed by atoms with Gasteiger partial charge in [-0.05, 0) is 46.2 Å². The minimum atomic E-state index is -1.09. The molecule has 164 valence electrons. The van der Waals surface area contributed by atoms with Crippen molar-refractivity contribution >= 4 is 27.8 Å². The van der Waals surface area contributed by atoms with Crippen LogP contribution in [0.1, 0.15) is 36.7 Å². The number of aromatic amines is 1. The van der Waals surface area contributed by atoms with Crippen molar-refractivity contribution in [1.82, 2.24) is 15.0 Å². The molecule has 2 heterocycles. The van der Waals surface area contributed by atoms with Gasteiger partial charge in [-0.2, -0.15) is 0 Å². The number of imidazole rings is 1. The lowest BCUT2D eigenvalue weighted by Gasteiger charge is -2.19. The van der Waals surface area contributed by atoms with Gasteiger partial charge in [-0.1, -0.05) is 51.1 Å². The maximum absolute atomic E-state index is 11.3. The lowest BCUT2D eigenvalue weighted by molar-refractivity contribution is 0.0696. The minimum absolute atomic E-state index is 0.0319. The highest BCUT2D eigenvalue weighted by atomic mass is 16.4. The summed E-state index contributed by atoms with van der Waals surface area (Å²) in [6, 6.07) is 16.9. The van der Waals surface area contributed by atoms with E-state index in [1.54, 1.807) is 12.3 Å². The fourth-order valence-corrected chi connectivity index (χ4v) is 4.06. The maximum Gasteiger partial charge on any atom is 0.335 e. The first kappa shape index (κ1) is 20.7. The number of benzene rings is 3. The molecule has 0 aliphatic heterocycles. The van der Waals surface area contributed by atoms with Crippen molar-refractivity contribution in [1.29, 1.82) is 0 Å². The van der Waals surface area contributed by atoms with E-state index < -0.39 is 5.97 Å². The van der Waals surface area contributed by atoms with Gasteiger partial charge in [-0.3, -0.25) is 4.98 Å². The first-order valence-electron chi connectivity index (χ1n) is 10.7. The Labute approximate surface area is 190 Å². The van der Waals surface area contributed by atoms with Crippen molar-refractivity contribution in [3.05, 3.63) is 78.1 Å². The Morgan fingerprint density at radius 3 is 2.33 bits per heavy atom. The summed E-state index contributed by atoms with van der Waals surface area (Å²) in [5.74, 6) is -0.576. The molecule has 0 aliphatic carbocycles. The predicted octanol–water partition coefficient (Wildman–Crippen LogP) is 6.15. The molecule has 0 bridgehead atoms. The number of nitrogens with one attached hydrogen (secondary N) is 1. The number of carboxylic acids is 1. The van der Waals surface area contributed by atoms with E-state index in [-0.39, 0.29) is 16.7 Å². The topological polar surface area (TPSA) is 99.1 Å². The molecule has 5 rings (SSSR count). The zero-order chi connectivity index (χ0) is 23.3. The third kappa shape index (κ3) is 3.69. The van der Waals surface area contributed by atoms with E-state index >= 15 is 0 Å². The fourth-order valence-electron chi connectivity index (χ4n) is 4.06. The normalized spacial score (nSPS) is 11.8. The smallest absolute Gasteiger partial charge is 0.335 e. The van der Waals surface area contributed by atoms with Crippen LogP contribution < -0.4 is 0 Å². The molecule has 0 fully saturated rings. The minimum Gasteiger partial charge on any atom is -0.507 e. The molecular formula is C27H23N3O3. The van der Waals surface area contributed by atoms with Crippen LogP contribution in [-0.2, 0) is 5.41 Å². The van der Waals surface area contributed by atoms with E-state index in [4.69, 9.17) is 4.98 Å². The van der Waals surface area contributed by atoms with Crippen LogP contribution >= 0.6 is 0 Å². The van der Waals surface area contributed by atoms with Crippen LogP contribution in [-0.4, -0.2) is 31.1 Å². The molecule has 2 aromatic heterocycles. The van der Waals surface area contributed by atoms with Crippen LogP contribution in [0.2, 0.25) is 0 Å². The van der Waals surface area contributed by atoms with Crippen LogP contribution in [0.15, 0.2) is 67.0 Å². The van der Waals surface area contributed by atoms with Crippen LogP contribution in [0.25, 0.3) is 44.3 Å². The Kier molecular flexibility index (Phi) is 4.67. The highest BCUT2D eigenvalue weighted by molar-refractivity contribution is 6.10. The molecule has 6 heteroatoms. The molecule has 3 aromatic carbocycles. The number of rotatable bonds is 3. The standard InChI is InChI=1S/C27H23N3O3/c1-27(2,3)20-7-4-15(5-8-20)18-11-19(14-28-13-18)25-29-21-9-6-16-10-17(26(32)33)12-22(31)23(16)24(21)30-25/h4-14,31H,1-3H3,(H,29,30)(H,32,33). The molecule has 0 aliphatic rings. The van der Waals surface area contributed by atoms with Gasteiger partial charge < -0.3 is 15.2 Å². The van der Waals surface area contributed by atoms with Crippen LogP contribution in [0.5, 0.6) is 5.75 Å². The molecular weight excluding hydrogens is 414 g/mol. The van der Waals surface area contributed by atoms with Gasteiger partial charge in [0.25, 0.3) is 0 Å². The zero-order valence-electron chi connectivity index (χ0n) is 18.5. The third-order valence-corrected chi connectivity index (χ3v) is 5.89. The van der Waals surface area contributed by atoms with E-state index in [1.165, 1.54) is 17.7 Å². The van der Waals surface area contributed by atoms with Gasteiger partial charge >= 0.3 is 5.97 Å². The first-order valence-corrected chi connectivity index (χ1v) is 10.7. The average Bonchev–Trinajstić information content (AvgIpc) is 3.23. The van der Waals surface area contributed by atoms with Gasteiger partial charge in [0.05, 0.1) is 16.5 Å². The monoisotopic (exact) mass is 437 g/mol. The van der Waals surface area contributed by atoms with E-state index in [1.807, 2.05) is 18.3 Å². The number of H-pyrrole nitrogens is 1. The number of aromatic hydroxyl groups is 1. The van der Waals surface area contributed by atoms with Gasteiger partial charge in [-0.25, -0.2) is 9.78 Å².